The van der Waals surface area contributed by atoms with Gasteiger partial charge in [-0.1, -0.05) is 30.3 Å². The highest BCUT2D eigenvalue weighted by Gasteiger charge is 2.49. The molecule has 0 bridgehead atoms. The van der Waals surface area contributed by atoms with Crippen molar-refractivity contribution in [3.63, 3.8) is 0 Å². The fraction of sp³-hybridized carbons (Fsp3) is 0.286. The van der Waals surface area contributed by atoms with Crippen molar-refractivity contribution in [2.24, 2.45) is 0 Å². The van der Waals surface area contributed by atoms with Crippen molar-refractivity contribution in [1.82, 2.24) is 9.21 Å². The number of anilines is 2. The van der Waals surface area contributed by atoms with Crippen molar-refractivity contribution >= 4 is 33.3 Å². The van der Waals surface area contributed by atoms with Crippen LogP contribution in [0.5, 0.6) is 5.75 Å². The predicted octanol–water partition coefficient (Wildman–Crippen LogP) is 4.06. The Hall–Kier alpha value is -4.26. The Labute approximate surface area is 235 Å². The molecule has 13 heteroatoms. The molecule has 2 saturated heterocycles. The van der Waals surface area contributed by atoms with Gasteiger partial charge in [0.25, 0.3) is 10.0 Å². The molecule has 2 aliphatic heterocycles. The Morgan fingerprint density at radius 1 is 0.878 bits per heavy atom. The molecule has 9 nitrogen and oxygen atoms in total. The molecule has 1 unspecified atom stereocenters. The molecule has 2 aliphatic rings. The Balaban J connectivity index is 1.38. The zero-order chi connectivity index (χ0) is 29.4. The van der Waals surface area contributed by atoms with Crippen LogP contribution in [0.2, 0.25) is 0 Å². The standard InChI is InChI=1S/C28H27F3N4O5S/c1-40-23-11-6-12-24(18-23)41(38,39)34-19-25(35(27(34)37)21-8-3-2-4-9-21)26(36)33-15-13-32(14-16-33)22-10-5-7-20(17-22)28(29,30)31/h2-12,17-18,25H,13-16,19H2,1H3. The van der Waals surface area contributed by atoms with E-state index in [1.165, 1.54) is 41.2 Å². The molecule has 0 radical (unpaired) electrons. The number of piperazine rings is 1. The summed E-state index contributed by atoms with van der Waals surface area (Å²) in [6.45, 7) is 0.506. The van der Waals surface area contributed by atoms with Gasteiger partial charge < -0.3 is 14.5 Å². The SMILES string of the molecule is COc1cccc(S(=O)(=O)N2CC(C(=O)N3CCN(c4cccc(C(F)(F)F)c4)CC3)N(c3ccccc3)C2=O)c1. The third-order valence-electron chi connectivity index (χ3n) is 7.15. The molecule has 1 atom stereocenters. The van der Waals surface area contributed by atoms with E-state index in [1.54, 1.807) is 47.4 Å². The summed E-state index contributed by atoms with van der Waals surface area (Å²) >= 11 is 0. The Morgan fingerprint density at radius 3 is 2.20 bits per heavy atom. The summed E-state index contributed by atoms with van der Waals surface area (Å²) < 4.78 is 72.5. The molecule has 0 aromatic heterocycles. The van der Waals surface area contributed by atoms with E-state index in [4.69, 9.17) is 4.74 Å². The van der Waals surface area contributed by atoms with Gasteiger partial charge in [-0.2, -0.15) is 13.2 Å². The Morgan fingerprint density at radius 2 is 1.54 bits per heavy atom. The number of hydrogen-bond donors (Lipinski definition) is 0. The lowest BCUT2D eigenvalue weighted by molar-refractivity contribution is -0.137. The highest BCUT2D eigenvalue weighted by Crippen LogP contribution is 2.33. The zero-order valence-corrected chi connectivity index (χ0v) is 22.8. The summed E-state index contributed by atoms with van der Waals surface area (Å²) in [6.07, 6.45) is -4.47. The van der Waals surface area contributed by atoms with E-state index in [1.807, 2.05) is 0 Å². The summed E-state index contributed by atoms with van der Waals surface area (Å²) in [5, 5.41) is 0. The molecule has 0 N–H and O–H groups in total. The van der Waals surface area contributed by atoms with Gasteiger partial charge in [0.1, 0.15) is 11.8 Å². The normalized spacial score (nSPS) is 18.1. The minimum atomic E-state index is -4.47. The van der Waals surface area contributed by atoms with Crippen LogP contribution in [0.25, 0.3) is 0 Å². The van der Waals surface area contributed by atoms with E-state index in [9.17, 15) is 31.2 Å². The first kappa shape index (κ1) is 28.3. The number of hydrogen-bond acceptors (Lipinski definition) is 6. The maximum Gasteiger partial charge on any atom is 0.416 e. The number of rotatable bonds is 6. The Kier molecular flexibility index (Phi) is 7.56. The highest BCUT2D eigenvalue weighted by atomic mass is 32.2. The van der Waals surface area contributed by atoms with Crippen LogP contribution in [-0.4, -0.2) is 75.4 Å². The third-order valence-corrected chi connectivity index (χ3v) is 8.88. The fourth-order valence-electron chi connectivity index (χ4n) is 5.00. The number of methoxy groups -OCH3 is 1. The number of nitrogens with zero attached hydrogens (tertiary/aromatic N) is 4. The molecule has 216 valence electrons. The van der Waals surface area contributed by atoms with Gasteiger partial charge in [-0.05, 0) is 42.5 Å². The van der Waals surface area contributed by atoms with Crippen LogP contribution < -0.4 is 14.5 Å². The van der Waals surface area contributed by atoms with E-state index >= 15 is 0 Å². The second-order valence-electron chi connectivity index (χ2n) is 9.58. The maximum atomic E-state index is 13.8. The third kappa shape index (κ3) is 5.53. The molecular weight excluding hydrogens is 561 g/mol. The molecular formula is C28H27F3N4O5S. The quantitative estimate of drug-likeness (QED) is 0.432. The molecule has 41 heavy (non-hydrogen) atoms. The number of amides is 3. The van der Waals surface area contributed by atoms with Gasteiger partial charge in [-0.15, -0.1) is 0 Å². The van der Waals surface area contributed by atoms with Crippen molar-refractivity contribution < 1.29 is 35.9 Å². The Bertz CT molecular complexity index is 1540. The van der Waals surface area contributed by atoms with Crippen LogP contribution in [0, 0.1) is 0 Å². The average Bonchev–Trinajstić information content (AvgIpc) is 3.34. The summed E-state index contributed by atoms with van der Waals surface area (Å²) in [7, 11) is -2.93. The second-order valence-corrected chi connectivity index (χ2v) is 11.4. The minimum absolute atomic E-state index is 0.152. The largest absolute Gasteiger partial charge is 0.497 e. The number of benzene rings is 3. The van der Waals surface area contributed by atoms with Crippen LogP contribution in [0.4, 0.5) is 29.3 Å². The lowest BCUT2D eigenvalue weighted by Gasteiger charge is -2.38. The first-order chi connectivity index (χ1) is 19.5. The number of halogens is 3. The topological polar surface area (TPSA) is 90.5 Å². The molecule has 3 aromatic rings. The fourth-order valence-corrected chi connectivity index (χ4v) is 6.40. The zero-order valence-electron chi connectivity index (χ0n) is 22.0. The number of alkyl halides is 3. The number of carbonyl (C=O) groups excluding carboxylic acids is 2. The van der Waals surface area contributed by atoms with Gasteiger partial charge in [-0.3, -0.25) is 9.69 Å². The average molecular weight is 589 g/mol. The molecule has 2 heterocycles. The van der Waals surface area contributed by atoms with Crippen LogP contribution in [-0.2, 0) is 21.0 Å². The van der Waals surface area contributed by atoms with Crippen molar-refractivity contribution in [1.29, 1.82) is 0 Å². The number of para-hydroxylation sites is 1. The highest BCUT2D eigenvalue weighted by molar-refractivity contribution is 7.89. The molecule has 2 fully saturated rings. The van der Waals surface area contributed by atoms with Crippen molar-refractivity contribution in [2.75, 3.05) is 49.6 Å². The molecule has 0 spiro atoms. The lowest BCUT2D eigenvalue weighted by atomic mass is 10.1. The number of ether oxygens (including phenoxy) is 1. The van der Waals surface area contributed by atoms with Crippen LogP contribution in [0.1, 0.15) is 5.56 Å². The van der Waals surface area contributed by atoms with Crippen LogP contribution in [0.3, 0.4) is 0 Å². The molecule has 0 aliphatic carbocycles. The molecule has 0 saturated carbocycles. The van der Waals surface area contributed by atoms with Crippen LogP contribution in [0.15, 0.2) is 83.8 Å². The smallest absolute Gasteiger partial charge is 0.416 e. The van der Waals surface area contributed by atoms with Gasteiger partial charge >= 0.3 is 12.2 Å². The lowest BCUT2D eigenvalue weighted by Crippen LogP contribution is -2.54. The van der Waals surface area contributed by atoms with E-state index in [0.717, 1.165) is 12.1 Å². The van der Waals surface area contributed by atoms with Crippen LogP contribution >= 0.6 is 0 Å². The van der Waals surface area contributed by atoms with Gasteiger partial charge in [0.2, 0.25) is 5.91 Å². The summed E-state index contributed by atoms with van der Waals surface area (Å²) in [5.74, 6) is -0.154. The van der Waals surface area contributed by atoms with Gasteiger partial charge in [0.15, 0.2) is 0 Å². The summed E-state index contributed by atoms with van der Waals surface area (Å²) in [5.41, 5.74) is 0.0000421. The number of sulfonamides is 1. The van der Waals surface area contributed by atoms with Crippen molar-refractivity contribution in [3.8, 4) is 5.75 Å². The van der Waals surface area contributed by atoms with Crippen molar-refractivity contribution in [2.45, 2.75) is 17.1 Å². The summed E-state index contributed by atoms with van der Waals surface area (Å²) in [6, 6.07) is 17.1. The van der Waals surface area contributed by atoms with E-state index in [2.05, 4.69) is 0 Å². The van der Waals surface area contributed by atoms with E-state index < -0.39 is 46.3 Å². The van der Waals surface area contributed by atoms with Gasteiger partial charge in [0, 0.05) is 43.6 Å². The molecule has 5 rings (SSSR count). The molecule has 3 aromatic carbocycles. The second kappa shape index (κ2) is 11.0. The van der Waals surface area contributed by atoms with Crippen molar-refractivity contribution in [3.05, 3.63) is 84.4 Å². The first-order valence-electron chi connectivity index (χ1n) is 12.8. The predicted molar refractivity (Wildman–Crippen MR) is 145 cm³/mol. The minimum Gasteiger partial charge on any atom is -0.497 e. The molecule has 3 amide bonds. The van der Waals surface area contributed by atoms with Gasteiger partial charge in [0.05, 0.1) is 24.1 Å². The first-order valence-corrected chi connectivity index (χ1v) is 14.2. The summed E-state index contributed by atoms with van der Waals surface area (Å²) in [4.78, 5) is 31.7. The number of carbonyl (C=O) groups is 2. The number of urea groups is 1. The maximum absolute atomic E-state index is 13.8. The van der Waals surface area contributed by atoms with Gasteiger partial charge in [-0.25, -0.2) is 17.5 Å². The van der Waals surface area contributed by atoms with E-state index in [-0.39, 0.29) is 31.1 Å². The van der Waals surface area contributed by atoms with E-state index in [0.29, 0.717) is 21.4 Å². The monoisotopic (exact) mass is 588 g/mol.